The summed E-state index contributed by atoms with van der Waals surface area (Å²) in [7, 11) is -3.51. The predicted octanol–water partition coefficient (Wildman–Crippen LogP) is 1.66. The zero-order valence-electron chi connectivity index (χ0n) is 15.0. The average molecular weight is 390 g/mol. The third-order valence-corrected chi connectivity index (χ3v) is 6.42. The maximum atomic E-state index is 12.7. The highest BCUT2D eigenvalue weighted by Crippen LogP contribution is 2.21. The van der Waals surface area contributed by atoms with E-state index < -0.39 is 10.0 Å². The zero-order chi connectivity index (χ0) is 17.9. The second-order valence-electron chi connectivity index (χ2n) is 6.59. The van der Waals surface area contributed by atoms with Crippen LogP contribution in [0.15, 0.2) is 29.2 Å². The van der Waals surface area contributed by atoms with Crippen molar-refractivity contribution in [3.63, 3.8) is 0 Å². The molecule has 0 spiro atoms. The standard InChI is InChI=1S/C17H27N3O3S.ClH/c1-13(2)15-4-6-16(7-5-15)24(22,23)20-10-8-19(9-11-20)17(21)14(3)12-18;/h4-7,13-14H,8-12,18H2,1-3H3;1H. The number of nitrogens with two attached hydrogens (primary N) is 1. The molecule has 1 aromatic rings. The van der Waals surface area contributed by atoms with E-state index in [0.717, 1.165) is 5.56 Å². The fraction of sp³-hybridized carbons (Fsp3) is 0.588. The number of rotatable bonds is 5. The molecular formula is C17H28ClN3O3S. The fourth-order valence-electron chi connectivity index (χ4n) is 2.74. The molecular weight excluding hydrogens is 362 g/mol. The maximum absolute atomic E-state index is 12.7. The van der Waals surface area contributed by atoms with Gasteiger partial charge in [0.1, 0.15) is 0 Å². The van der Waals surface area contributed by atoms with Gasteiger partial charge in [0.25, 0.3) is 0 Å². The Balaban J connectivity index is 0.00000312. The minimum Gasteiger partial charge on any atom is -0.340 e. The molecule has 1 saturated heterocycles. The van der Waals surface area contributed by atoms with Crippen molar-refractivity contribution in [2.24, 2.45) is 11.7 Å². The van der Waals surface area contributed by atoms with Crippen molar-refractivity contribution in [2.75, 3.05) is 32.7 Å². The van der Waals surface area contributed by atoms with Crippen LogP contribution >= 0.6 is 12.4 Å². The first kappa shape index (κ1) is 21.9. The molecule has 0 bridgehead atoms. The van der Waals surface area contributed by atoms with Crippen LogP contribution in [0.1, 0.15) is 32.3 Å². The molecule has 0 aliphatic carbocycles. The number of sulfonamides is 1. The first-order chi connectivity index (χ1) is 11.3. The van der Waals surface area contributed by atoms with Crippen molar-refractivity contribution in [1.29, 1.82) is 0 Å². The normalized spacial score (nSPS) is 17.2. The summed E-state index contributed by atoms with van der Waals surface area (Å²) in [5.41, 5.74) is 6.64. The van der Waals surface area contributed by atoms with Gasteiger partial charge in [-0.15, -0.1) is 12.4 Å². The van der Waals surface area contributed by atoms with Crippen LogP contribution in [0.3, 0.4) is 0 Å². The Bertz CT molecular complexity index is 669. The molecule has 6 nitrogen and oxygen atoms in total. The van der Waals surface area contributed by atoms with Crippen LogP contribution in [0.4, 0.5) is 0 Å². The van der Waals surface area contributed by atoms with Crippen LogP contribution in [0.2, 0.25) is 0 Å². The van der Waals surface area contributed by atoms with Gasteiger partial charge in [0.2, 0.25) is 15.9 Å². The Morgan fingerprint density at radius 3 is 2.04 bits per heavy atom. The van der Waals surface area contributed by atoms with E-state index in [1.807, 2.05) is 12.1 Å². The number of amides is 1. The summed E-state index contributed by atoms with van der Waals surface area (Å²) in [6, 6.07) is 7.05. The van der Waals surface area contributed by atoms with E-state index >= 15 is 0 Å². The fourth-order valence-corrected chi connectivity index (χ4v) is 4.16. The van der Waals surface area contributed by atoms with Gasteiger partial charge in [-0.1, -0.05) is 32.9 Å². The molecule has 1 heterocycles. The van der Waals surface area contributed by atoms with Crippen LogP contribution in [0, 0.1) is 5.92 Å². The molecule has 0 saturated carbocycles. The lowest BCUT2D eigenvalue weighted by Crippen LogP contribution is -2.52. The number of nitrogens with zero attached hydrogens (tertiary/aromatic N) is 2. The number of carbonyl (C=O) groups is 1. The van der Waals surface area contributed by atoms with Gasteiger partial charge in [-0.3, -0.25) is 4.79 Å². The molecule has 2 N–H and O–H groups in total. The highest BCUT2D eigenvalue weighted by molar-refractivity contribution is 7.89. The summed E-state index contributed by atoms with van der Waals surface area (Å²) in [6.07, 6.45) is 0. The Morgan fingerprint density at radius 1 is 1.08 bits per heavy atom. The largest absolute Gasteiger partial charge is 0.340 e. The van der Waals surface area contributed by atoms with Gasteiger partial charge < -0.3 is 10.6 Å². The topological polar surface area (TPSA) is 83.7 Å². The molecule has 1 aliphatic heterocycles. The van der Waals surface area contributed by atoms with Crippen LogP contribution in [0.5, 0.6) is 0 Å². The van der Waals surface area contributed by atoms with Crippen LogP contribution < -0.4 is 5.73 Å². The quantitative estimate of drug-likeness (QED) is 0.830. The minimum atomic E-state index is -3.51. The third kappa shape index (κ3) is 4.94. The zero-order valence-corrected chi connectivity index (χ0v) is 16.6. The van der Waals surface area contributed by atoms with E-state index in [1.54, 1.807) is 24.0 Å². The lowest BCUT2D eigenvalue weighted by molar-refractivity contribution is -0.135. The first-order valence-electron chi connectivity index (χ1n) is 8.36. The minimum absolute atomic E-state index is 0. The second kappa shape index (κ2) is 8.98. The number of carbonyl (C=O) groups excluding carboxylic acids is 1. The molecule has 1 unspecified atom stereocenters. The molecule has 1 amide bonds. The van der Waals surface area contributed by atoms with Crippen molar-refractivity contribution >= 4 is 28.3 Å². The van der Waals surface area contributed by atoms with Gasteiger partial charge in [0.05, 0.1) is 4.90 Å². The summed E-state index contributed by atoms with van der Waals surface area (Å²) >= 11 is 0. The van der Waals surface area contributed by atoms with Crippen molar-refractivity contribution in [1.82, 2.24) is 9.21 Å². The molecule has 1 fully saturated rings. The predicted molar refractivity (Wildman–Crippen MR) is 101 cm³/mol. The van der Waals surface area contributed by atoms with Crippen LogP contribution in [-0.4, -0.2) is 56.3 Å². The Hall–Kier alpha value is -1.15. The Morgan fingerprint density at radius 2 is 1.60 bits per heavy atom. The number of halogens is 1. The summed E-state index contributed by atoms with van der Waals surface area (Å²) in [5.74, 6) is 0.133. The summed E-state index contributed by atoms with van der Waals surface area (Å²) in [5, 5.41) is 0. The van der Waals surface area contributed by atoms with Gasteiger partial charge in [0.15, 0.2) is 0 Å². The lowest BCUT2D eigenvalue weighted by atomic mass is 10.0. The second-order valence-corrected chi connectivity index (χ2v) is 8.53. The molecule has 142 valence electrons. The van der Waals surface area contributed by atoms with Crippen molar-refractivity contribution < 1.29 is 13.2 Å². The Labute approximate surface area is 156 Å². The van der Waals surface area contributed by atoms with E-state index in [2.05, 4.69) is 13.8 Å². The first-order valence-corrected chi connectivity index (χ1v) is 9.80. The van der Waals surface area contributed by atoms with E-state index in [9.17, 15) is 13.2 Å². The van der Waals surface area contributed by atoms with Crippen LogP contribution in [-0.2, 0) is 14.8 Å². The monoisotopic (exact) mass is 389 g/mol. The van der Waals surface area contributed by atoms with E-state index in [0.29, 0.717) is 43.5 Å². The Kier molecular flexibility index (Phi) is 7.87. The summed E-state index contributed by atoms with van der Waals surface area (Å²) in [6.45, 7) is 7.69. The molecule has 0 radical (unpaired) electrons. The smallest absolute Gasteiger partial charge is 0.243 e. The van der Waals surface area contributed by atoms with Crippen molar-refractivity contribution in [2.45, 2.75) is 31.6 Å². The van der Waals surface area contributed by atoms with Gasteiger partial charge in [-0.05, 0) is 23.6 Å². The maximum Gasteiger partial charge on any atom is 0.243 e. The average Bonchev–Trinajstić information content (AvgIpc) is 2.60. The summed E-state index contributed by atoms with van der Waals surface area (Å²) < 4.78 is 26.9. The third-order valence-electron chi connectivity index (χ3n) is 4.51. The van der Waals surface area contributed by atoms with Crippen molar-refractivity contribution in [3.8, 4) is 0 Å². The van der Waals surface area contributed by atoms with Gasteiger partial charge in [-0.2, -0.15) is 4.31 Å². The van der Waals surface area contributed by atoms with E-state index in [-0.39, 0.29) is 24.2 Å². The highest BCUT2D eigenvalue weighted by atomic mass is 35.5. The highest BCUT2D eigenvalue weighted by Gasteiger charge is 2.31. The molecule has 1 atom stereocenters. The van der Waals surface area contributed by atoms with Gasteiger partial charge in [-0.25, -0.2) is 8.42 Å². The number of hydrogen-bond donors (Lipinski definition) is 1. The van der Waals surface area contributed by atoms with Crippen LogP contribution in [0.25, 0.3) is 0 Å². The molecule has 0 aromatic heterocycles. The van der Waals surface area contributed by atoms with Gasteiger partial charge >= 0.3 is 0 Å². The van der Waals surface area contributed by atoms with E-state index in [1.165, 1.54) is 4.31 Å². The molecule has 2 rings (SSSR count). The number of piperazine rings is 1. The molecule has 1 aliphatic rings. The SMILES string of the molecule is CC(CN)C(=O)N1CCN(S(=O)(=O)c2ccc(C(C)C)cc2)CC1.Cl. The van der Waals surface area contributed by atoms with Gasteiger partial charge in [0, 0.05) is 38.6 Å². The van der Waals surface area contributed by atoms with E-state index in [4.69, 9.17) is 5.73 Å². The molecule has 8 heteroatoms. The lowest BCUT2D eigenvalue weighted by Gasteiger charge is -2.35. The summed E-state index contributed by atoms with van der Waals surface area (Å²) in [4.78, 5) is 14.1. The van der Waals surface area contributed by atoms with Crippen molar-refractivity contribution in [3.05, 3.63) is 29.8 Å². The molecule has 1 aromatic carbocycles. The number of hydrogen-bond acceptors (Lipinski definition) is 4. The molecule has 25 heavy (non-hydrogen) atoms. The number of benzene rings is 1.